The van der Waals surface area contributed by atoms with Crippen molar-refractivity contribution < 1.29 is 9.53 Å². The van der Waals surface area contributed by atoms with Crippen LogP contribution in [0.1, 0.15) is 31.1 Å². The number of fused-ring (bicyclic) bond motifs is 3. The molecule has 2 aliphatic rings. The Hall–Kier alpha value is -2.35. The lowest BCUT2D eigenvalue weighted by Crippen LogP contribution is -2.24. The molecule has 106 valence electrons. The van der Waals surface area contributed by atoms with Crippen molar-refractivity contribution in [3.8, 4) is 11.1 Å². The van der Waals surface area contributed by atoms with Crippen LogP contribution in [0.4, 0.5) is 0 Å². The summed E-state index contributed by atoms with van der Waals surface area (Å²) in [4.78, 5) is 12.5. The number of hydrogen-bond acceptors (Lipinski definition) is 2. The first-order chi connectivity index (χ1) is 9.96. The Morgan fingerprint density at radius 3 is 2.38 bits per heavy atom. The first-order valence-corrected chi connectivity index (χ1v) is 7.09. The molecule has 0 bridgehead atoms. The molecule has 0 atom stereocenters. The number of rotatable bonds is 1. The summed E-state index contributed by atoms with van der Waals surface area (Å²) in [5.41, 5.74) is 2.14. The number of ether oxygens (including phenoxy) is 1. The van der Waals surface area contributed by atoms with Crippen LogP contribution < -0.4 is 0 Å². The molecule has 0 spiro atoms. The summed E-state index contributed by atoms with van der Waals surface area (Å²) in [5, 5.41) is 2.23. The molecule has 1 aromatic carbocycles. The van der Waals surface area contributed by atoms with Gasteiger partial charge in [-0.15, -0.1) is 0 Å². The molecule has 2 heteroatoms. The molecule has 0 radical (unpaired) electrons. The van der Waals surface area contributed by atoms with Gasteiger partial charge in [-0.1, -0.05) is 42.5 Å². The van der Waals surface area contributed by atoms with E-state index < -0.39 is 5.60 Å². The minimum absolute atomic E-state index is 0.278. The predicted molar refractivity (Wildman–Crippen MR) is 85.7 cm³/mol. The van der Waals surface area contributed by atoms with E-state index >= 15 is 0 Å². The second-order valence-electron chi connectivity index (χ2n) is 6.20. The van der Waals surface area contributed by atoms with E-state index in [2.05, 4.69) is 12.1 Å². The maximum Gasteiger partial charge on any atom is 0.339 e. The normalized spacial score (nSPS) is 11.8. The van der Waals surface area contributed by atoms with Gasteiger partial charge in [-0.2, -0.15) is 0 Å². The van der Waals surface area contributed by atoms with Crippen LogP contribution >= 0.6 is 0 Å². The zero-order valence-electron chi connectivity index (χ0n) is 12.5. The molecule has 1 aromatic rings. The molecule has 2 aliphatic carbocycles. The van der Waals surface area contributed by atoms with E-state index in [1.165, 1.54) is 0 Å². The number of esters is 1. The molecule has 0 saturated heterocycles. The summed E-state index contributed by atoms with van der Waals surface area (Å²) in [6.07, 6.45) is 0. The highest BCUT2D eigenvalue weighted by atomic mass is 16.6. The largest absolute Gasteiger partial charge is 0.456 e. The summed E-state index contributed by atoms with van der Waals surface area (Å²) >= 11 is 0. The molecule has 0 amide bonds. The standard InChI is InChI=1S/C19H18O2/c1-19(2,3)21-18(20)16-11-7-5-9-14-12-13-8-4-6-10-15(13)17(14)16/h4-12H,1-3H3. The zero-order valence-corrected chi connectivity index (χ0v) is 12.5. The Balaban J connectivity index is 2.24. The van der Waals surface area contributed by atoms with E-state index in [4.69, 9.17) is 4.74 Å². The fraction of sp³-hybridized carbons (Fsp3) is 0.211. The van der Waals surface area contributed by atoms with Gasteiger partial charge in [-0.25, -0.2) is 4.79 Å². The lowest BCUT2D eigenvalue weighted by Gasteiger charge is -2.20. The van der Waals surface area contributed by atoms with Crippen molar-refractivity contribution in [3.05, 3.63) is 60.2 Å². The van der Waals surface area contributed by atoms with Crippen molar-refractivity contribution in [3.63, 3.8) is 0 Å². The molecule has 0 unspecified atom stereocenters. The Labute approximate surface area is 124 Å². The van der Waals surface area contributed by atoms with Crippen LogP contribution in [0.15, 0.2) is 54.6 Å². The van der Waals surface area contributed by atoms with Crippen molar-refractivity contribution in [2.45, 2.75) is 26.4 Å². The van der Waals surface area contributed by atoms with Gasteiger partial charge in [0.15, 0.2) is 0 Å². The quantitative estimate of drug-likeness (QED) is 0.592. The number of hydrogen-bond donors (Lipinski definition) is 0. The average molecular weight is 278 g/mol. The first kappa shape index (κ1) is 13.6. The highest BCUT2D eigenvalue weighted by Gasteiger charge is 2.22. The van der Waals surface area contributed by atoms with E-state index in [9.17, 15) is 4.79 Å². The van der Waals surface area contributed by atoms with E-state index in [-0.39, 0.29) is 5.97 Å². The van der Waals surface area contributed by atoms with Crippen LogP contribution in [0, 0.1) is 0 Å². The summed E-state index contributed by atoms with van der Waals surface area (Å²) in [6, 6.07) is 17.9. The number of carbonyl (C=O) groups excluding carboxylic acids is 1. The first-order valence-electron chi connectivity index (χ1n) is 7.09. The van der Waals surface area contributed by atoms with Gasteiger partial charge in [-0.3, -0.25) is 0 Å². The molecule has 0 heterocycles. The van der Waals surface area contributed by atoms with Gasteiger partial charge < -0.3 is 4.74 Å². The van der Waals surface area contributed by atoms with Gasteiger partial charge >= 0.3 is 5.97 Å². The number of carbonyl (C=O) groups is 1. The minimum Gasteiger partial charge on any atom is -0.456 e. The molecule has 3 rings (SSSR count). The molecule has 0 N–H and O–H groups in total. The third kappa shape index (κ3) is 2.62. The lowest BCUT2D eigenvalue weighted by atomic mass is 10.0. The topological polar surface area (TPSA) is 26.3 Å². The van der Waals surface area contributed by atoms with Crippen molar-refractivity contribution in [2.24, 2.45) is 0 Å². The van der Waals surface area contributed by atoms with E-state index in [1.807, 2.05) is 63.2 Å². The van der Waals surface area contributed by atoms with E-state index in [0.29, 0.717) is 5.56 Å². The predicted octanol–water partition coefficient (Wildman–Crippen LogP) is 4.90. The highest BCUT2D eigenvalue weighted by Crippen LogP contribution is 2.36. The van der Waals surface area contributed by atoms with Gasteiger partial charge in [0.05, 0.1) is 5.56 Å². The molecule has 0 aliphatic heterocycles. The molecule has 0 fully saturated rings. The molecule has 21 heavy (non-hydrogen) atoms. The second kappa shape index (κ2) is 4.88. The van der Waals surface area contributed by atoms with Crippen LogP contribution in [-0.4, -0.2) is 11.6 Å². The molecule has 0 saturated carbocycles. The maximum absolute atomic E-state index is 12.5. The highest BCUT2D eigenvalue weighted by molar-refractivity contribution is 6.10. The zero-order chi connectivity index (χ0) is 15.0. The third-order valence-corrected chi connectivity index (χ3v) is 3.37. The summed E-state index contributed by atoms with van der Waals surface area (Å²) in [6.45, 7) is 5.65. The third-order valence-electron chi connectivity index (χ3n) is 3.37. The summed E-state index contributed by atoms with van der Waals surface area (Å²) in [7, 11) is 0. The van der Waals surface area contributed by atoms with Crippen molar-refractivity contribution in [1.29, 1.82) is 0 Å². The molecule has 0 aromatic heterocycles. The van der Waals surface area contributed by atoms with Crippen molar-refractivity contribution >= 4 is 16.7 Å². The summed E-state index contributed by atoms with van der Waals surface area (Å²) < 4.78 is 5.55. The second-order valence-corrected chi connectivity index (χ2v) is 6.20. The van der Waals surface area contributed by atoms with Gasteiger partial charge in [0.1, 0.15) is 5.60 Å². The maximum atomic E-state index is 12.5. The molecule has 2 nitrogen and oxygen atoms in total. The lowest BCUT2D eigenvalue weighted by molar-refractivity contribution is 0.00707. The SMILES string of the molecule is CC(C)(C)OC(=O)c1ccccc2cc3ccccc3c1-2. The van der Waals surface area contributed by atoms with Crippen LogP contribution in [0.2, 0.25) is 0 Å². The molecular formula is C19H18O2. The fourth-order valence-electron chi connectivity index (χ4n) is 2.58. The number of benzene rings is 1. The van der Waals surface area contributed by atoms with Gasteiger partial charge in [-0.05, 0) is 49.2 Å². The minimum atomic E-state index is -0.500. The van der Waals surface area contributed by atoms with Gasteiger partial charge in [0.25, 0.3) is 0 Å². The van der Waals surface area contributed by atoms with Crippen molar-refractivity contribution in [2.75, 3.05) is 0 Å². The Kier molecular flexibility index (Phi) is 3.17. The van der Waals surface area contributed by atoms with Crippen molar-refractivity contribution in [1.82, 2.24) is 0 Å². The fourth-order valence-corrected chi connectivity index (χ4v) is 2.58. The monoisotopic (exact) mass is 278 g/mol. The summed E-state index contributed by atoms with van der Waals surface area (Å²) in [5.74, 6) is -0.278. The van der Waals surface area contributed by atoms with E-state index in [0.717, 1.165) is 21.9 Å². The molecular weight excluding hydrogens is 260 g/mol. The van der Waals surface area contributed by atoms with Crippen LogP contribution in [0.5, 0.6) is 0 Å². The Bertz CT molecular complexity index is 781. The van der Waals surface area contributed by atoms with Gasteiger partial charge in [0.2, 0.25) is 0 Å². The van der Waals surface area contributed by atoms with Crippen LogP contribution in [0.3, 0.4) is 0 Å². The van der Waals surface area contributed by atoms with Crippen LogP contribution in [0.25, 0.3) is 21.9 Å². The smallest absolute Gasteiger partial charge is 0.339 e. The van der Waals surface area contributed by atoms with Gasteiger partial charge in [0, 0.05) is 5.56 Å². The van der Waals surface area contributed by atoms with E-state index in [1.54, 1.807) is 0 Å². The Morgan fingerprint density at radius 2 is 1.62 bits per heavy atom. The average Bonchev–Trinajstić information content (AvgIpc) is 2.62. The Morgan fingerprint density at radius 1 is 0.952 bits per heavy atom. The van der Waals surface area contributed by atoms with Crippen LogP contribution in [-0.2, 0) is 4.74 Å².